The summed E-state index contributed by atoms with van der Waals surface area (Å²) in [6.45, 7) is 12.6. The number of nitrogens with zero attached hydrogens (tertiary/aromatic N) is 2. The third-order valence-electron chi connectivity index (χ3n) is 11.2. The average molecular weight is 834 g/mol. The molecule has 6 rings (SSSR count). The van der Waals surface area contributed by atoms with Crippen molar-refractivity contribution in [3.8, 4) is 22.8 Å². The third-order valence-corrected chi connectivity index (χ3v) is 13.4. The molecule has 3 aromatic rings. The van der Waals surface area contributed by atoms with E-state index in [1.165, 1.54) is 18.1 Å². The lowest BCUT2D eigenvalue weighted by Gasteiger charge is -2.31. The molecule has 3 N–H and O–H groups in total. The summed E-state index contributed by atoms with van der Waals surface area (Å²) in [6, 6.07) is 14.5. The quantitative estimate of drug-likeness (QED) is 0.167. The number of likely N-dealkylation sites (tertiary alicyclic amines) is 1. The van der Waals surface area contributed by atoms with E-state index >= 15 is 0 Å². The number of rotatable bonds is 16. The number of sulfonamides is 1. The van der Waals surface area contributed by atoms with Crippen molar-refractivity contribution in [3.63, 3.8) is 0 Å². The van der Waals surface area contributed by atoms with Crippen LogP contribution in [-0.2, 0) is 33.9 Å². The first-order valence-electron chi connectivity index (χ1n) is 19.9. The molecule has 4 amide bonds. The molecule has 16 heteroatoms. The van der Waals surface area contributed by atoms with Gasteiger partial charge < -0.3 is 34.5 Å². The molecule has 0 unspecified atom stereocenters. The van der Waals surface area contributed by atoms with Gasteiger partial charge in [-0.1, -0.05) is 50.3 Å². The van der Waals surface area contributed by atoms with E-state index in [2.05, 4.69) is 21.9 Å². The van der Waals surface area contributed by atoms with Gasteiger partial charge >= 0.3 is 6.09 Å². The lowest BCUT2D eigenvalue weighted by Crippen LogP contribution is -2.59. The molecule has 0 radical (unpaired) electrons. The summed E-state index contributed by atoms with van der Waals surface area (Å²) in [5, 5.41) is 6.20. The predicted molar refractivity (Wildman–Crippen MR) is 221 cm³/mol. The fraction of sp³-hybridized carbons (Fsp3) is 0.512. The van der Waals surface area contributed by atoms with Crippen molar-refractivity contribution in [1.82, 2.24) is 25.2 Å². The van der Waals surface area contributed by atoms with E-state index in [0.29, 0.717) is 40.9 Å². The molecule has 1 aromatic heterocycles. The molecular formula is C43H55N5O10S. The van der Waals surface area contributed by atoms with E-state index in [9.17, 15) is 27.6 Å². The number of hydrogen-bond donors (Lipinski definition) is 3. The molecule has 2 aromatic carbocycles. The lowest BCUT2D eigenvalue weighted by molar-refractivity contribution is -0.141. The van der Waals surface area contributed by atoms with Crippen LogP contribution in [-0.4, -0.2) is 104 Å². The predicted octanol–water partition coefficient (Wildman–Crippen LogP) is 4.88. The third kappa shape index (κ3) is 9.33. The molecule has 2 saturated carbocycles. The topological polar surface area (TPSA) is 192 Å². The summed E-state index contributed by atoms with van der Waals surface area (Å²) < 4.78 is 50.9. The Morgan fingerprint density at radius 2 is 1.76 bits per heavy atom. The summed E-state index contributed by atoms with van der Waals surface area (Å²) in [5.41, 5.74) is -0.381. The molecule has 3 fully saturated rings. The van der Waals surface area contributed by atoms with Crippen LogP contribution >= 0.6 is 0 Å². The van der Waals surface area contributed by atoms with Crippen molar-refractivity contribution in [2.45, 2.75) is 101 Å². The van der Waals surface area contributed by atoms with Gasteiger partial charge in [0.1, 0.15) is 40.8 Å². The van der Waals surface area contributed by atoms with E-state index in [1.807, 2.05) is 42.5 Å². The highest BCUT2D eigenvalue weighted by molar-refractivity contribution is 7.91. The van der Waals surface area contributed by atoms with Crippen LogP contribution in [0.3, 0.4) is 0 Å². The minimum atomic E-state index is -4.12. The van der Waals surface area contributed by atoms with Crippen LogP contribution in [0.2, 0.25) is 0 Å². The van der Waals surface area contributed by atoms with Crippen LogP contribution in [0.4, 0.5) is 4.79 Å². The van der Waals surface area contributed by atoms with Crippen LogP contribution < -0.4 is 24.8 Å². The normalized spacial score (nSPS) is 22.6. The van der Waals surface area contributed by atoms with Crippen LogP contribution in [0.1, 0.15) is 66.7 Å². The molecule has 5 atom stereocenters. The fourth-order valence-electron chi connectivity index (χ4n) is 7.58. The first-order valence-corrected chi connectivity index (χ1v) is 21.4. The second-order valence-corrected chi connectivity index (χ2v) is 19.0. The Morgan fingerprint density at radius 3 is 2.36 bits per heavy atom. The maximum atomic E-state index is 14.6. The first kappa shape index (κ1) is 43.4. The number of carbonyl (C=O) groups is 4. The van der Waals surface area contributed by atoms with E-state index < -0.39 is 79.7 Å². The molecule has 1 saturated heterocycles. The van der Waals surface area contributed by atoms with Gasteiger partial charge in [0, 0.05) is 49.1 Å². The number of carbonyl (C=O) groups excluding carboxylic acids is 4. The van der Waals surface area contributed by atoms with E-state index in [4.69, 9.17) is 23.9 Å². The van der Waals surface area contributed by atoms with Crippen LogP contribution in [0.5, 0.6) is 11.5 Å². The standard InChI is InChI=1S/C43H55N5O10S/c1-9-28-24-43(28,39(51)47-59(53,54)42(17-18-42)19-20-55-7)46-37(49)34-22-30(25-48(34)38(50)36(26(2)3)45-40(52)58-41(4,5)6)57-35-23-32(27-13-11-10-12-14-27)44-33-21-29(56-8)15-16-31(33)35/h9-16,21,23,26,28,30,34,36H,1,17-20,22,24-25H2,2-8H3,(H,45,52)(H,46,49)(H,47,51)/t28-,30+,34-,36-,43-/m0/s1. The molecule has 3 aliphatic rings. The average Bonchev–Trinajstić information content (AvgIpc) is 4.09. The number of pyridine rings is 1. The summed E-state index contributed by atoms with van der Waals surface area (Å²) in [7, 11) is -1.08. The number of aromatic nitrogens is 1. The number of methoxy groups -OCH3 is 2. The molecule has 1 aliphatic heterocycles. The first-order chi connectivity index (χ1) is 27.9. The van der Waals surface area contributed by atoms with Gasteiger partial charge in [-0.05, 0) is 64.5 Å². The number of fused-ring (bicyclic) bond motifs is 1. The van der Waals surface area contributed by atoms with Crippen molar-refractivity contribution < 1.29 is 46.5 Å². The minimum Gasteiger partial charge on any atom is -0.497 e. The zero-order valence-electron chi connectivity index (χ0n) is 34.7. The second-order valence-electron chi connectivity index (χ2n) is 17.0. The van der Waals surface area contributed by atoms with Gasteiger partial charge in [-0.3, -0.25) is 19.1 Å². The maximum absolute atomic E-state index is 14.6. The van der Waals surface area contributed by atoms with Gasteiger partial charge in [-0.2, -0.15) is 0 Å². The number of ether oxygens (including phenoxy) is 4. The Hall–Kier alpha value is -5.22. The SMILES string of the molecule is C=C[C@H]1C[C@@]1(NC(=O)[C@@H]1C[C@@H](Oc2cc(-c3ccccc3)nc3cc(OC)ccc23)CN1C(=O)[C@@H](NC(=O)OC(C)(C)C)C(C)C)C(=O)NS(=O)(=O)C1(CCOC)CC1. The lowest BCUT2D eigenvalue weighted by atomic mass is 10.0. The largest absolute Gasteiger partial charge is 0.497 e. The Bertz CT molecular complexity index is 2200. The van der Waals surface area contributed by atoms with E-state index in [-0.39, 0.29) is 32.4 Å². The van der Waals surface area contributed by atoms with Crippen molar-refractivity contribution in [2.24, 2.45) is 11.8 Å². The summed E-state index contributed by atoms with van der Waals surface area (Å²) in [6.07, 6.45) is 1.06. The monoisotopic (exact) mass is 833 g/mol. The molecule has 0 spiro atoms. The van der Waals surface area contributed by atoms with Gasteiger partial charge in [0.2, 0.25) is 21.8 Å². The number of benzene rings is 2. The van der Waals surface area contributed by atoms with Crippen molar-refractivity contribution >= 4 is 44.7 Å². The Labute approximate surface area is 345 Å². The second kappa shape index (κ2) is 16.8. The molecular weight excluding hydrogens is 779 g/mol. The number of nitrogens with one attached hydrogen (secondary N) is 3. The number of hydrogen-bond acceptors (Lipinski definition) is 11. The Kier molecular flexibility index (Phi) is 12.3. The molecule has 15 nitrogen and oxygen atoms in total. The van der Waals surface area contributed by atoms with Gasteiger partial charge in [0.05, 0.1) is 29.6 Å². The summed E-state index contributed by atoms with van der Waals surface area (Å²) in [4.78, 5) is 62.2. The molecule has 2 aliphatic carbocycles. The van der Waals surface area contributed by atoms with E-state index in [0.717, 1.165) is 5.56 Å². The molecule has 59 heavy (non-hydrogen) atoms. The van der Waals surface area contributed by atoms with Gasteiger partial charge in [0.15, 0.2) is 0 Å². The maximum Gasteiger partial charge on any atom is 0.408 e. The summed E-state index contributed by atoms with van der Waals surface area (Å²) >= 11 is 0. The van der Waals surface area contributed by atoms with Crippen LogP contribution in [0.25, 0.3) is 22.2 Å². The van der Waals surface area contributed by atoms with Crippen LogP contribution in [0, 0.1) is 11.8 Å². The summed E-state index contributed by atoms with van der Waals surface area (Å²) in [5.74, 6) is -2.05. The fourth-order valence-corrected chi connectivity index (χ4v) is 9.21. The Morgan fingerprint density at radius 1 is 1.05 bits per heavy atom. The number of alkyl carbamates (subject to hydrolysis) is 1. The van der Waals surface area contributed by atoms with Gasteiger partial charge in [0.25, 0.3) is 5.91 Å². The van der Waals surface area contributed by atoms with Gasteiger partial charge in [-0.25, -0.2) is 18.2 Å². The van der Waals surface area contributed by atoms with Crippen molar-refractivity contribution in [3.05, 3.63) is 67.3 Å². The van der Waals surface area contributed by atoms with E-state index in [1.54, 1.807) is 53.9 Å². The highest BCUT2D eigenvalue weighted by Crippen LogP contribution is 2.49. The Balaban J connectivity index is 1.32. The van der Waals surface area contributed by atoms with Gasteiger partial charge in [-0.15, -0.1) is 6.58 Å². The highest BCUT2D eigenvalue weighted by atomic mass is 32.2. The molecule has 0 bridgehead atoms. The highest BCUT2D eigenvalue weighted by Gasteiger charge is 2.63. The van der Waals surface area contributed by atoms with Crippen LogP contribution in [0.15, 0.2) is 67.3 Å². The van der Waals surface area contributed by atoms with Crippen molar-refractivity contribution in [1.29, 1.82) is 0 Å². The molecule has 318 valence electrons. The smallest absolute Gasteiger partial charge is 0.408 e. The number of amides is 4. The molecule has 2 heterocycles. The minimum absolute atomic E-state index is 0.00432. The zero-order valence-corrected chi connectivity index (χ0v) is 35.5. The van der Waals surface area contributed by atoms with Crippen molar-refractivity contribution in [2.75, 3.05) is 27.4 Å². The zero-order chi connectivity index (χ0) is 42.9.